The maximum Gasteiger partial charge on any atom is 0.223 e. The molecular weight excluding hydrogens is 204 g/mol. The highest BCUT2D eigenvalue weighted by molar-refractivity contribution is 5.47. The van der Waals surface area contributed by atoms with E-state index >= 15 is 0 Å². The SMILES string of the molecule is C#CC(C)(C)Oc1nc(C)nc(NN)c1C. The van der Waals surface area contributed by atoms with Crippen molar-refractivity contribution in [1.29, 1.82) is 0 Å². The summed E-state index contributed by atoms with van der Waals surface area (Å²) < 4.78 is 5.62. The Labute approximate surface area is 95.4 Å². The van der Waals surface area contributed by atoms with Crippen molar-refractivity contribution in [2.75, 3.05) is 5.43 Å². The summed E-state index contributed by atoms with van der Waals surface area (Å²) in [6.45, 7) is 7.16. The zero-order valence-corrected chi connectivity index (χ0v) is 9.96. The molecule has 0 unspecified atom stereocenters. The molecule has 0 fully saturated rings. The molecule has 0 amide bonds. The lowest BCUT2D eigenvalue weighted by atomic mass is 10.1. The van der Waals surface area contributed by atoms with Gasteiger partial charge in [0.2, 0.25) is 5.88 Å². The van der Waals surface area contributed by atoms with Crippen LogP contribution in [0.1, 0.15) is 25.2 Å². The predicted octanol–water partition coefficient (Wildman–Crippen LogP) is 1.17. The van der Waals surface area contributed by atoms with Gasteiger partial charge in [-0.1, -0.05) is 5.92 Å². The normalized spacial score (nSPS) is 10.8. The van der Waals surface area contributed by atoms with Crippen molar-refractivity contribution in [2.45, 2.75) is 33.3 Å². The second kappa shape index (κ2) is 4.37. The summed E-state index contributed by atoms with van der Waals surface area (Å²) in [5, 5.41) is 0. The summed E-state index contributed by atoms with van der Waals surface area (Å²) in [7, 11) is 0. The minimum absolute atomic E-state index is 0.448. The Morgan fingerprint density at radius 1 is 1.38 bits per heavy atom. The van der Waals surface area contributed by atoms with Gasteiger partial charge >= 0.3 is 0 Å². The maximum absolute atomic E-state index is 5.62. The summed E-state index contributed by atoms with van der Waals surface area (Å²) >= 11 is 0. The topological polar surface area (TPSA) is 73.1 Å². The van der Waals surface area contributed by atoms with Gasteiger partial charge in [0, 0.05) is 0 Å². The van der Waals surface area contributed by atoms with Crippen LogP contribution in [0, 0.1) is 26.2 Å². The average Bonchev–Trinajstić information content (AvgIpc) is 2.22. The van der Waals surface area contributed by atoms with Crippen molar-refractivity contribution in [3.8, 4) is 18.2 Å². The average molecular weight is 220 g/mol. The number of nitrogen functional groups attached to an aromatic ring is 1. The molecule has 1 rings (SSSR count). The number of hydrazine groups is 1. The molecule has 0 atom stereocenters. The van der Waals surface area contributed by atoms with Gasteiger partial charge in [0.15, 0.2) is 5.60 Å². The first-order valence-electron chi connectivity index (χ1n) is 4.88. The zero-order valence-electron chi connectivity index (χ0n) is 9.96. The number of nitrogens with two attached hydrogens (primary N) is 1. The van der Waals surface area contributed by atoms with Crippen LogP contribution in [0.3, 0.4) is 0 Å². The Kier molecular flexibility index (Phi) is 3.35. The second-order valence-corrected chi connectivity index (χ2v) is 3.95. The van der Waals surface area contributed by atoms with Gasteiger partial charge in [-0.15, -0.1) is 6.42 Å². The van der Waals surface area contributed by atoms with Gasteiger partial charge in [-0.2, -0.15) is 4.98 Å². The minimum atomic E-state index is -0.711. The fourth-order valence-corrected chi connectivity index (χ4v) is 1.11. The number of nitrogens with zero attached hydrogens (tertiary/aromatic N) is 2. The molecule has 0 bridgehead atoms. The van der Waals surface area contributed by atoms with Crippen molar-refractivity contribution < 1.29 is 4.74 Å². The zero-order chi connectivity index (χ0) is 12.3. The molecule has 0 aromatic carbocycles. The van der Waals surface area contributed by atoms with Gasteiger partial charge in [0.25, 0.3) is 0 Å². The Morgan fingerprint density at radius 3 is 2.50 bits per heavy atom. The third-order valence-corrected chi connectivity index (χ3v) is 2.05. The summed E-state index contributed by atoms with van der Waals surface area (Å²) in [5.74, 6) is 9.44. The highest BCUT2D eigenvalue weighted by Gasteiger charge is 2.19. The highest BCUT2D eigenvalue weighted by Crippen LogP contribution is 2.24. The first-order valence-corrected chi connectivity index (χ1v) is 4.88. The van der Waals surface area contributed by atoms with E-state index in [0.717, 1.165) is 5.56 Å². The first-order chi connectivity index (χ1) is 7.39. The molecule has 86 valence electrons. The molecule has 0 radical (unpaired) electrons. The van der Waals surface area contributed by atoms with Crippen molar-refractivity contribution >= 4 is 5.82 Å². The van der Waals surface area contributed by atoms with Crippen LogP contribution in [0.5, 0.6) is 5.88 Å². The van der Waals surface area contributed by atoms with Crippen LogP contribution >= 0.6 is 0 Å². The van der Waals surface area contributed by atoms with Gasteiger partial charge in [0.05, 0.1) is 5.56 Å². The van der Waals surface area contributed by atoms with Crippen LogP contribution in [0.4, 0.5) is 5.82 Å². The van der Waals surface area contributed by atoms with E-state index in [0.29, 0.717) is 17.5 Å². The highest BCUT2D eigenvalue weighted by atomic mass is 16.5. The summed E-state index contributed by atoms with van der Waals surface area (Å²) in [6.07, 6.45) is 5.35. The smallest absolute Gasteiger partial charge is 0.223 e. The molecule has 0 spiro atoms. The third kappa shape index (κ3) is 2.61. The largest absolute Gasteiger partial charge is 0.458 e. The number of aryl methyl sites for hydroxylation is 1. The van der Waals surface area contributed by atoms with E-state index in [1.54, 1.807) is 20.8 Å². The molecule has 0 aliphatic heterocycles. The number of hydrogen-bond donors (Lipinski definition) is 2. The van der Waals surface area contributed by atoms with Crippen LogP contribution in [0.2, 0.25) is 0 Å². The van der Waals surface area contributed by atoms with Crippen molar-refractivity contribution in [3.63, 3.8) is 0 Å². The van der Waals surface area contributed by atoms with Crippen LogP contribution in [-0.4, -0.2) is 15.6 Å². The van der Waals surface area contributed by atoms with Gasteiger partial charge < -0.3 is 10.2 Å². The Hall–Kier alpha value is -1.80. The molecule has 0 aliphatic carbocycles. The standard InChI is InChI=1S/C11H16N4O/c1-6-11(4,5)16-10-7(2)9(15-12)13-8(3)14-10/h1H,12H2,2-5H3,(H,13,14,15). The van der Waals surface area contributed by atoms with Gasteiger partial charge in [0.1, 0.15) is 11.6 Å². The molecule has 16 heavy (non-hydrogen) atoms. The first kappa shape index (κ1) is 12.3. The van der Waals surface area contributed by atoms with E-state index in [4.69, 9.17) is 17.0 Å². The quantitative estimate of drug-likeness (QED) is 0.454. The van der Waals surface area contributed by atoms with Crippen molar-refractivity contribution in [1.82, 2.24) is 9.97 Å². The number of ether oxygens (including phenoxy) is 1. The third-order valence-electron chi connectivity index (χ3n) is 2.05. The summed E-state index contributed by atoms with van der Waals surface area (Å²) in [4.78, 5) is 8.32. The van der Waals surface area contributed by atoms with Crippen LogP contribution in [0.25, 0.3) is 0 Å². The van der Waals surface area contributed by atoms with E-state index in [-0.39, 0.29) is 0 Å². The van der Waals surface area contributed by atoms with Gasteiger partial charge in [-0.3, -0.25) is 0 Å². The van der Waals surface area contributed by atoms with Gasteiger partial charge in [-0.05, 0) is 27.7 Å². The summed E-state index contributed by atoms with van der Waals surface area (Å²) in [5.41, 5.74) is 2.52. The van der Waals surface area contributed by atoms with Crippen molar-refractivity contribution in [2.24, 2.45) is 5.84 Å². The number of rotatable bonds is 3. The minimum Gasteiger partial charge on any atom is -0.458 e. The maximum atomic E-state index is 5.62. The number of hydrogen-bond acceptors (Lipinski definition) is 5. The molecule has 0 aliphatic rings. The molecule has 1 aromatic rings. The number of nitrogens with one attached hydrogen (secondary N) is 1. The molecule has 1 aromatic heterocycles. The fraction of sp³-hybridized carbons (Fsp3) is 0.455. The molecule has 0 saturated heterocycles. The van der Waals surface area contributed by atoms with E-state index < -0.39 is 5.60 Å². The van der Waals surface area contributed by atoms with E-state index in [2.05, 4.69) is 21.3 Å². The van der Waals surface area contributed by atoms with Crippen LogP contribution in [0.15, 0.2) is 0 Å². The predicted molar refractivity (Wildman–Crippen MR) is 62.9 cm³/mol. The molecule has 3 N–H and O–H groups in total. The monoisotopic (exact) mass is 220 g/mol. The number of terminal acetylenes is 1. The summed E-state index contributed by atoms with van der Waals surface area (Å²) in [6, 6.07) is 0. The molecule has 5 heteroatoms. The molecule has 1 heterocycles. The Balaban J connectivity index is 3.15. The molecular formula is C11H16N4O. The van der Waals surface area contributed by atoms with Crippen LogP contribution in [-0.2, 0) is 0 Å². The van der Waals surface area contributed by atoms with Gasteiger partial charge in [-0.25, -0.2) is 10.8 Å². The molecule has 0 saturated carbocycles. The lowest BCUT2D eigenvalue weighted by molar-refractivity contribution is 0.163. The second-order valence-electron chi connectivity index (χ2n) is 3.95. The van der Waals surface area contributed by atoms with E-state index in [1.165, 1.54) is 0 Å². The van der Waals surface area contributed by atoms with Crippen molar-refractivity contribution in [3.05, 3.63) is 11.4 Å². The lowest BCUT2D eigenvalue weighted by Gasteiger charge is -2.21. The fourth-order valence-electron chi connectivity index (χ4n) is 1.11. The Morgan fingerprint density at radius 2 is 2.00 bits per heavy atom. The number of aromatic nitrogens is 2. The van der Waals surface area contributed by atoms with E-state index in [1.807, 2.05) is 6.92 Å². The van der Waals surface area contributed by atoms with E-state index in [9.17, 15) is 0 Å². The number of anilines is 1. The van der Waals surface area contributed by atoms with Crippen LogP contribution < -0.4 is 16.0 Å². The Bertz CT molecular complexity index is 434. The lowest BCUT2D eigenvalue weighted by Crippen LogP contribution is -2.27. The molecule has 5 nitrogen and oxygen atoms in total.